The maximum absolute atomic E-state index is 12.9. The first-order valence-electron chi connectivity index (χ1n) is 10.8. The number of aliphatic carboxylic acids is 2. The van der Waals surface area contributed by atoms with Gasteiger partial charge in [0, 0.05) is 58.2 Å². The number of benzene rings is 1. The lowest BCUT2D eigenvalue weighted by Gasteiger charge is -2.42. The van der Waals surface area contributed by atoms with E-state index in [4.69, 9.17) is 33.4 Å². The van der Waals surface area contributed by atoms with Crippen molar-refractivity contribution in [2.24, 2.45) is 0 Å². The van der Waals surface area contributed by atoms with Crippen molar-refractivity contribution in [2.75, 3.05) is 39.3 Å². The van der Waals surface area contributed by atoms with Crippen LogP contribution in [-0.4, -0.2) is 99.8 Å². The number of carbonyl (C=O) groups is 5. The summed E-state index contributed by atoms with van der Waals surface area (Å²) in [6.07, 6.45) is 1.90. The van der Waals surface area contributed by atoms with E-state index in [9.17, 15) is 24.0 Å². The molecule has 190 valence electrons. The van der Waals surface area contributed by atoms with Crippen LogP contribution in [-0.2, 0) is 30.4 Å². The highest BCUT2D eigenvalue weighted by Crippen LogP contribution is 2.23. The summed E-state index contributed by atoms with van der Waals surface area (Å²) in [4.78, 5) is 61.1. The van der Waals surface area contributed by atoms with E-state index in [2.05, 4.69) is 4.90 Å². The standard InChI is InChI=1S/C19H23Cl2N3O3.C4H4O4/c1-13(25)23-6-7-24(15(11-23)10-22-5-4-16(26)12-22)19(27)9-14-2-3-17(20)18(21)8-14;5-3(6)1-2-4(7)8/h2-3,8,15H,4-7,9-12H2,1H3;1-2H,(H,5,6)(H,7,8). The number of hydrogen-bond acceptors (Lipinski definition) is 6. The zero-order valence-electron chi connectivity index (χ0n) is 19.2. The third kappa shape index (κ3) is 9.31. The molecule has 0 spiro atoms. The number of carbonyl (C=O) groups excluding carboxylic acids is 3. The van der Waals surface area contributed by atoms with Crippen molar-refractivity contribution in [3.05, 3.63) is 46.0 Å². The molecule has 1 unspecified atom stereocenters. The Morgan fingerprint density at radius 3 is 2.20 bits per heavy atom. The number of rotatable bonds is 6. The zero-order valence-corrected chi connectivity index (χ0v) is 20.7. The zero-order chi connectivity index (χ0) is 26.1. The molecule has 2 aliphatic heterocycles. The predicted molar refractivity (Wildman–Crippen MR) is 128 cm³/mol. The summed E-state index contributed by atoms with van der Waals surface area (Å²) in [7, 11) is 0. The van der Waals surface area contributed by atoms with E-state index in [0.717, 1.165) is 5.56 Å². The van der Waals surface area contributed by atoms with Crippen LogP contribution in [0.15, 0.2) is 30.4 Å². The molecule has 12 heteroatoms. The van der Waals surface area contributed by atoms with Crippen LogP contribution in [0, 0.1) is 0 Å². The molecule has 1 aromatic rings. The number of carboxylic acids is 2. The number of hydrogen-bond donors (Lipinski definition) is 2. The molecule has 10 nitrogen and oxygen atoms in total. The fraction of sp³-hybridized carbons (Fsp3) is 0.435. The third-order valence-corrected chi connectivity index (χ3v) is 6.27. The number of piperazine rings is 1. The summed E-state index contributed by atoms with van der Waals surface area (Å²) in [5.74, 6) is -2.29. The number of halogens is 2. The second-order valence-corrected chi connectivity index (χ2v) is 8.98. The average molecular weight is 528 g/mol. The highest BCUT2D eigenvalue weighted by molar-refractivity contribution is 6.42. The minimum Gasteiger partial charge on any atom is -0.478 e. The van der Waals surface area contributed by atoms with E-state index in [1.54, 1.807) is 30.0 Å². The Hall–Kier alpha value is -2.95. The first-order valence-corrected chi connectivity index (χ1v) is 11.6. The quantitative estimate of drug-likeness (QED) is 0.532. The Balaban J connectivity index is 0.000000466. The molecular formula is C23H27Cl2N3O7. The van der Waals surface area contributed by atoms with Gasteiger partial charge in [0.1, 0.15) is 5.78 Å². The molecule has 3 rings (SSSR count). The summed E-state index contributed by atoms with van der Waals surface area (Å²) in [5.41, 5.74) is 0.804. The molecule has 2 N–H and O–H groups in total. The average Bonchev–Trinajstić information content (AvgIpc) is 3.19. The lowest BCUT2D eigenvalue weighted by Crippen LogP contribution is -2.59. The maximum atomic E-state index is 12.9. The Morgan fingerprint density at radius 1 is 1.03 bits per heavy atom. The molecule has 2 heterocycles. The molecule has 0 saturated carbocycles. The lowest BCUT2D eigenvalue weighted by molar-refractivity contribution is -0.142. The summed E-state index contributed by atoms with van der Waals surface area (Å²) >= 11 is 12.0. The van der Waals surface area contributed by atoms with Crippen molar-refractivity contribution in [3.63, 3.8) is 0 Å². The summed E-state index contributed by atoms with van der Waals surface area (Å²) in [6, 6.07) is 5.07. The van der Waals surface area contributed by atoms with Crippen molar-refractivity contribution < 1.29 is 34.2 Å². The van der Waals surface area contributed by atoms with Gasteiger partial charge >= 0.3 is 11.9 Å². The third-order valence-electron chi connectivity index (χ3n) is 5.53. The van der Waals surface area contributed by atoms with Crippen LogP contribution in [0.2, 0.25) is 10.0 Å². The summed E-state index contributed by atoms with van der Waals surface area (Å²) in [6.45, 7) is 4.79. The highest BCUT2D eigenvalue weighted by Gasteiger charge is 2.34. The van der Waals surface area contributed by atoms with Crippen molar-refractivity contribution in [1.82, 2.24) is 14.7 Å². The Kier molecular flexibility index (Phi) is 10.7. The summed E-state index contributed by atoms with van der Waals surface area (Å²) in [5, 5.41) is 16.5. The molecule has 0 aliphatic carbocycles. The van der Waals surface area contributed by atoms with E-state index < -0.39 is 11.9 Å². The molecule has 2 saturated heterocycles. The van der Waals surface area contributed by atoms with Crippen LogP contribution in [0.5, 0.6) is 0 Å². The number of nitrogens with zero attached hydrogens (tertiary/aromatic N) is 3. The topological polar surface area (TPSA) is 136 Å². The van der Waals surface area contributed by atoms with Gasteiger partial charge < -0.3 is 20.0 Å². The smallest absolute Gasteiger partial charge is 0.328 e. The fourth-order valence-electron chi connectivity index (χ4n) is 3.84. The maximum Gasteiger partial charge on any atom is 0.328 e. The van der Waals surface area contributed by atoms with Crippen molar-refractivity contribution >= 4 is 52.7 Å². The second kappa shape index (κ2) is 13.2. The van der Waals surface area contributed by atoms with E-state index in [-0.39, 0.29) is 30.1 Å². The van der Waals surface area contributed by atoms with Gasteiger partial charge in [-0.1, -0.05) is 29.3 Å². The van der Waals surface area contributed by atoms with Crippen LogP contribution < -0.4 is 0 Å². The van der Waals surface area contributed by atoms with Gasteiger partial charge in [0.05, 0.1) is 29.1 Å². The van der Waals surface area contributed by atoms with E-state index in [1.807, 2.05) is 4.90 Å². The van der Waals surface area contributed by atoms with Crippen LogP contribution in [0.25, 0.3) is 0 Å². The monoisotopic (exact) mass is 527 g/mol. The van der Waals surface area contributed by atoms with E-state index in [1.165, 1.54) is 0 Å². The first-order chi connectivity index (χ1) is 16.5. The molecule has 1 aromatic carbocycles. The molecule has 0 radical (unpaired) electrons. The fourth-order valence-corrected chi connectivity index (χ4v) is 4.16. The summed E-state index contributed by atoms with van der Waals surface area (Å²) < 4.78 is 0. The van der Waals surface area contributed by atoms with Gasteiger partial charge in [-0.15, -0.1) is 0 Å². The van der Waals surface area contributed by atoms with Gasteiger partial charge in [-0.3, -0.25) is 19.3 Å². The normalized spacial score (nSPS) is 18.4. The van der Waals surface area contributed by atoms with Crippen molar-refractivity contribution in [3.8, 4) is 0 Å². The Morgan fingerprint density at radius 2 is 1.69 bits per heavy atom. The molecule has 2 amide bonds. The van der Waals surface area contributed by atoms with E-state index >= 15 is 0 Å². The predicted octanol–water partition coefficient (Wildman–Crippen LogP) is 1.58. The van der Waals surface area contributed by atoms with Crippen LogP contribution in [0.1, 0.15) is 18.9 Å². The number of ketones is 1. The second-order valence-electron chi connectivity index (χ2n) is 8.16. The van der Waals surface area contributed by atoms with Crippen LogP contribution >= 0.6 is 23.2 Å². The van der Waals surface area contributed by atoms with Crippen molar-refractivity contribution in [1.29, 1.82) is 0 Å². The van der Waals surface area contributed by atoms with Gasteiger partial charge in [-0.2, -0.15) is 0 Å². The molecule has 2 aliphatic rings. The number of Topliss-reactive ketones (excluding diaryl/α,β-unsaturated/α-hetero) is 1. The van der Waals surface area contributed by atoms with E-state index in [0.29, 0.717) is 67.9 Å². The Labute approximate surface area is 212 Å². The minimum absolute atomic E-state index is 0.00730. The molecule has 35 heavy (non-hydrogen) atoms. The number of likely N-dealkylation sites (tertiary alicyclic amines) is 1. The number of carboxylic acid groups (broad SMARTS) is 2. The van der Waals surface area contributed by atoms with Crippen LogP contribution in [0.3, 0.4) is 0 Å². The van der Waals surface area contributed by atoms with Crippen molar-refractivity contribution in [2.45, 2.75) is 25.8 Å². The highest BCUT2D eigenvalue weighted by atomic mass is 35.5. The molecule has 1 atom stereocenters. The van der Waals surface area contributed by atoms with Crippen LogP contribution in [0.4, 0.5) is 0 Å². The molecule has 0 aromatic heterocycles. The largest absolute Gasteiger partial charge is 0.478 e. The van der Waals surface area contributed by atoms with Gasteiger partial charge in [0.25, 0.3) is 0 Å². The lowest BCUT2D eigenvalue weighted by atomic mass is 10.1. The van der Waals surface area contributed by atoms with Gasteiger partial charge in [-0.05, 0) is 17.7 Å². The van der Waals surface area contributed by atoms with Gasteiger partial charge in [0.15, 0.2) is 0 Å². The molecular weight excluding hydrogens is 501 g/mol. The van der Waals surface area contributed by atoms with Gasteiger partial charge in [0.2, 0.25) is 11.8 Å². The molecule has 2 fully saturated rings. The van der Waals surface area contributed by atoms with Gasteiger partial charge in [-0.25, -0.2) is 9.59 Å². The SMILES string of the molecule is CC(=O)N1CCN(C(=O)Cc2ccc(Cl)c(Cl)c2)C(CN2CCC(=O)C2)C1.O=C(O)C=CC(=O)O. The minimum atomic E-state index is -1.26. The number of amides is 2. The molecule has 0 bridgehead atoms. The Bertz CT molecular complexity index is 999. The first kappa shape index (κ1) is 28.3.